The average molecular weight is 468 g/mol. The van der Waals surface area contributed by atoms with Gasteiger partial charge in [0, 0.05) is 43.2 Å². The van der Waals surface area contributed by atoms with Crippen molar-refractivity contribution in [3.8, 4) is 11.8 Å². The summed E-state index contributed by atoms with van der Waals surface area (Å²) >= 11 is 0. The van der Waals surface area contributed by atoms with Gasteiger partial charge in [-0.3, -0.25) is 4.90 Å². The van der Waals surface area contributed by atoms with Crippen LogP contribution in [0.15, 0.2) is 54.9 Å². The van der Waals surface area contributed by atoms with Crippen LogP contribution < -0.4 is 4.74 Å². The fourth-order valence-electron chi connectivity index (χ4n) is 4.21. The average Bonchev–Trinajstić information content (AvgIpc) is 3.46. The van der Waals surface area contributed by atoms with E-state index in [1.807, 2.05) is 24.3 Å². The van der Waals surface area contributed by atoms with Crippen LogP contribution in [0.1, 0.15) is 41.9 Å². The van der Waals surface area contributed by atoms with Crippen molar-refractivity contribution in [2.75, 3.05) is 13.1 Å². The Labute approximate surface area is 194 Å². The van der Waals surface area contributed by atoms with E-state index < -0.39 is 11.9 Å². The van der Waals surface area contributed by atoms with Gasteiger partial charge in [-0.05, 0) is 49.2 Å². The van der Waals surface area contributed by atoms with Gasteiger partial charge in [0.25, 0.3) is 0 Å². The molecule has 176 valence electrons. The molecule has 1 aromatic carbocycles. The fraction of sp³-hybridized carbons (Fsp3) is 0.333. The molecule has 7 nitrogen and oxygen atoms in total. The third kappa shape index (κ3) is 4.72. The van der Waals surface area contributed by atoms with Crippen LogP contribution in [-0.4, -0.2) is 42.6 Å². The zero-order chi connectivity index (χ0) is 23.7. The van der Waals surface area contributed by atoms with Crippen molar-refractivity contribution < 1.29 is 17.9 Å². The number of hydrogen-bond donors (Lipinski definition) is 0. The fourth-order valence-corrected chi connectivity index (χ4v) is 4.21. The maximum Gasteiger partial charge on any atom is 0.433 e. The lowest BCUT2D eigenvalue weighted by atomic mass is 10.1. The standard InChI is InChI=1S/C24H23F3N6O/c1-2-18-12-21(24(25,26)27)33-22(30-18)13-20(31-33)17-8-11-32(15-17)14-16-4-6-19(7-5-16)34-23-28-9-3-10-29-23/h3-7,9-10,12-13,17H,2,8,11,14-15H2,1H3. The van der Waals surface area contributed by atoms with Crippen molar-refractivity contribution >= 4 is 5.65 Å². The minimum Gasteiger partial charge on any atom is -0.424 e. The van der Waals surface area contributed by atoms with E-state index in [9.17, 15) is 13.2 Å². The van der Waals surface area contributed by atoms with Crippen LogP contribution in [0.5, 0.6) is 11.8 Å². The van der Waals surface area contributed by atoms with Gasteiger partial charge in [-0.2, -0.15) is 18.3 Å². The number of fused-ring (bicyclic) bond motifs is 1. The second-order valence-corrected chi connectivity index (χ2v) is 8.32. The zero-order valence-corrected chi connectivity index (χ0v) is 18.5. The van der Waals surface area contributed by atoms with Gasteiger partial charge in [0.15, 0.2) is 5.65 Å². The number of aromatic nitrogens is 5. The van der Waals surface area contributed by atoms with Crippen LogP contribution in [0.4, 0.5) is 13.2 Å². The Kier molecular flexibility index (Phi) is 5.91. The lowest BCUT2D eigenvalue weighted by Gasteiger charge is -2.16. The van der Waals surface area contributed by atoms with Crippen molar-refractivity contribution in [2.45, 2.75) is 38.4 Å². The van der Waals surface area contributed by atoms with Crippen LogP contribution in [0, 0.1) is 0 Å². The molecule has 1 unspecified atom stereocenters. The Balaban J connectivity index is 1.27. The van der Waals surface area contributed by atoms with Crippen LogP contribution in [0.2, 0.25) is 0 Å². The van der Waals surface area contributed by atoms with E-state index in [2.05, 4.69) is 25.0 Å². The first-order valence-electron chi connectivity index (χ1n) is 11.1. The van der Waals surface area contributed by atoms with Gasteiger partial charge in [-0.25, -0.2) is 19.5 Å². The number of halogens is 3. The second kappa shape index (κ2) is 9.02. The molecule has 3 aromatic heterocycles. The van der Waals surface area contributed by atoms with E-state index in [0.717, 1.165) is 42.2 Å². The zero-order valence-electron chi connectivity index (χ0n) is 18.5. The summed E-state index contributed by atoms with van der Waals surface area (Å²) in [6.45, 7) is 4.09. The summed E-state index contributed by atoms with van der Waals surface area (Å²) in [6.07, 6.45) is 0.00904. The maximum absolute atomic E-state index is 13.6. The molecule has 0 saturated carbocycles. The minimum atomic E-state index is -4.49. The molecule has 1 saturated heterocycles. The van der Waals surface area contributed by atoms with Crippen molar-refractivity contribution in [2.24, 2.45) is 0 Å². The Morgan fingerprint density at radius 2 is 1.85 bits per heavy atom. The van der Waals surface area contributed by atoms with Gasteiger partial charge in [-0.1, -0.05) is 19.1 Å². The smallest absolute Gasteiger partial charge is 0.424 e. The molecule has 0 amide bonds. The van der Waals surface area contributed by atoms with E-state index in [-0.39, 0.29) is 11.6 Å². The van der Waals surface area contributed by atoms with Crippen molar-refractivity contribution in [1.29, 1.82) is 0 Å². The number of ether oxygens (including phenoxy) is 1. The molecule has 0 spiro atoms. The number of aryl methyl sites for hydroxylation is 1. The van der Waals surface area contributed by atoms with Gasteiger partial charge in [0.05, 0.1) is 5.69 Å². The molecule has 0 N–H and O–H groups in total. The predicted octanol–water partition coefficient (Wildman–Crippen LogP) is 4.88. The first kappa shape index (κ1) is 22.3. The summed E-state index contributed by atoms with van der Waals surface area (Å²) < 4.78 is 47.2. The Morgan fingerprint density at radius 3 is 2.56 bits per heavy atom. The van der Waals surface area contributed by atoms with E-state index >= 15 is 0 Å². The van der Waals surface area contributed by atoms with E-state index in [4.69, 9.17) is 4.74 Å². The maximum atomic E-state index is 13.6. The molecule has 1 atom stereocenters. The van der Waals surface area contributed by atoms with Crippen molar-refractivity contribution in [3.05, 3.63) is 77.5 Å². The number of alkyl halides is 3. The monoisotopic (exact) mass is 468 g/mol. The number of nitrogens with zero attached hydrogens (tertiary/aromatic N) is 6. The quantitative estimate of drug-likeness (QED) is 0.402. The highest BCUT2D eigenvalue weighted by molar-refractivity contribution is 5.43. The molecule has 1 aliphatic rings. The van der Waals surface area contributed by atoms with Gasteiger partial charge in [0.1, 0.15) is 11.4 Å². The van der Waals surface area contributed by atoms with Gasteiger partial charge >= 0.3 is 12.2 Å². The van der Waals surface area contributed by atoms with Gasteiger partial charge in [0.2, 0.25) is 0 Å². The second-order valence-electron chi connectivity index (χ2n) is 8.32. The number of benzene rings is 1. The molecular formula is C24H23F3N6O. The molecule has 4 heterocycles. The molecule has 10 heteroatoms. The van der Waals surface area contributed by atoms with E-state index in [0.29, 0.717) is 29.6 Å². The lowest BCUT2D eigenvalue weighted by molar-refractivity contribution is -0.142. The predicted molar refractivity (Wildman–Crippen MR) is 119 cm³/mol. The summed E-state index contributed by atoms with van der Waals surface area (Å²) in [5, 5.41) is 4.31. The number of likely N-dealkylation sites (tertiary alicyclic amines) is 1. The third-order valence-electron chi connectivity index (χ3n) is 5.92. The Morgan fingerprint density at radius 1 is 1.09 bits per heavy atom. The largest absolute Gasteiger partial charge is 0.433 e. The Bertz CT molecular complexity index is 1270. The lowest BCUT2D eigenvalue weighted by Crippen LogP contribution is -2.19. The van der Waals surface area contributed by atoms with E-state index in [1.54, 1.807) is 31.5 Å². The summed E-state index contributed by atoms with van der Waals surface area (Å²) in [5.74, 6) is 0.712. The molecule has 0 aliphatic carbocycles. The summed E-state index contributed by atoms with van der Waals surface area (Å²) in [7, 11) is 0. The highest BCUT2D eigenvalue weighted by Crippen LogP contribution is 2.33. The minimum absolute atomic E-state index is 0.0608. The molecule has 1 aliphatic heterocycles. The number of hydrogen-bond acceptors (Lipinski definition) is 6. The molecule has 0 bridgehead atoms. The Hall–Kier alpha value is -3.53. The number of rotatable bonds is 6. The van der Waals surface area contributed by atoms with E-state index in [1.165, 1.54) is 0 Å². The van der Waals surface area contributed by atoms with Crippen LogP contribution in [-0.2, 0) is 19.1 Å². The van der Waals surface area contributed by atoms with Gasteiger partial charge < -0.3 is 4.74 Å². The normalized spacial score (nSPS) is 16.9. The molecule has 1 fully saturated rings. The first-order chi connectivity index (χ1) is 16.4. The summed E-state index contributed by atoms with van der Waals surface area (Å²) in [4.78, 5) is 14.7. The molecular weight excluding hydrogens is 445 g/mol. The molecule has 5 rings (SSSR count). The highest BCUT2D eigenvalue weighted by atomic mass is 19.4. The van der Waals surface area contributed by atoms with Crippen LogP contribution >= 0.6 is 0 Å². The highest BCUT2D eigenvalue weighted by Gasteiger charge is 2.36. The topological polar surface area (TPSA) is 68.4 Å². The SMILES string of the molecule is CCc1cc(C(F)(F)F)n2nc(C3CCN(Cc4ccc(Oc5ncccn5)cc4)C3)cc2n1. The van der Waals surface area contributed by atoms with Crippen molar-refractivity contribution in [3.63, 3.8) is 0 Å². The molecule has 4 aromatic rings. The first-order valence-corrected chi connectivity index (χ1v) is 11.1. The molecule has 0 radical (unpaired) electrons. The summed E-state index contributed by atoms with van der Waals surface area (Å²) in [5.41, 5.74) is 1.65. The van der Waals surface area contributed by atoms with Crippen LogP contribution in [0.3, 0.4) is 0 Å². The molecule has 34 heavy (non-hydrogen) atoms. The van der Waals surface area contributed by atoms with Gasteiger partial charge in [-0.15, -0.1) is 0 Å². The van der Waals surface area contributed by atoms with Crippen LogP contribution in [0.25, 0.3) is 5.65 Å². The third-order valence-corrected chi connectivity index (χ3v) is 5.92. The summed E-state index contributed by atoms with van der Waals surface area (Å²) in [6, 6.07) is 12.5. The van der Waals surface area contributed by atoms with Crippen molar-refractivity contribution in [1.82, 2.24) is 29.5 Å².